The van der Waals surface area contributed by atoms with E-state index in [0.29, 0.717) is 5.69 Å². The number of nitrogens with zero attached hydrogens (tertiary/aromatic N) is 2. The number of hydrogen-bond acceptors (Lipinski definition) is 8. The summed E-state index contributed by atoms with van der Waals surface area (Å²) in [5, 5.41) is 16.5. The molecule has 2 heterocycles. The molecular formula is C15H19N3O5S2. The molecule has 136 valence electrons. The minimum absolute atomic E-state index is 0.0162. The van der Waals surface area contributed by atoms with Gasteiger partial charge in [0.05, 0.1) is 28.0 Å². The number of aromatic nitrogens is 1. The number of pyridine rings is 1. The molecule has 0 amide bonds. The van der Waals surface area contributed by atoms with Gasteiger partial charge in [0, 0.05) is 6.04 Å². The fourth-order valence-corrected chi connectivity index (χ4v) is 4.37. The van der Waals surface area contributed by atoms with Gasteiger partial charge in [-0.15, -0.1) is 11.3 Å². The van der Waals surface area contributed by atoms with Gasteiger partial charge in [-0.25, -0.2) is 4.98 Å². The van der Waals surface area contributed by atoms with Crippen molar-refractivity contribution in [1.29, 1.82) is 0 Å². The van der Waals surface area contributed by atoms with Crippen LogP contribution in [0.15, 0.2) is 17.6 Å². The molecule has 0 aromatic carbocycles. The van der Waals surface area contributed by atoms with Crippen molar-refractivity contribution in [2.24, 2.45) is 5.92 Å². The fourth-order valence-electron chi connectivity index (χ4n) is 3.08. The number of nitro groups is 1. The van der Waals surface area contributed by atoms with Gasteiger partial charge >= 0.3 is 5.69 Å². The molecule has 1 fully saturated rings. The first kappa shape index (κ1) is 18.0. The summed E-state index contributed by atoms with van der Waals surface area (Å²) < 4.78 is 27.8. The molecule has 0 atom stereocenters. The maximum atomic E-state index is 11.3. The van der Waals surface area contributed by atoms with Crippen molar-refractivity contribution in [2.45, 2.75) is 31.7 Å². The Morgan fingerprint density at radius 3 is 2.76 bits per heavy atom. The quantitative estimate of drug-likeness (QED) is 0.462. The Hall–Kier alpha value is -1.78. The molecule has 1 aliphatic rings. The highest BCUT2D eigenvalue weighted by Crippen LogP contribution is 2.37. The van der Waals surface area contributed by atoms with E-state index in [1.807, 2.05) is 11.4 Å². The number of thiophene rings is 1. The highest BCUT2D eigenvalue weighted by atomic mass is 32.2. The summed E-state index contributed by atoms with van der Waals surface area (Å²) in [5.41, 5.74) is 1.26. The Bertz CT molecular complexity index is 872. The Labute approximate surface area is 149 Å². The molecule has 2 aromatic rings. The zero-order valence-electron chi connectivity index (χ0n) is 13.7. The van der Waals surface area contributed by atoms with Crippen LogP contribution < -0.4 is 5.32 Å². The lowest BCUT2D eigenvalue weighted by Crippen LogP contribution is -2.28. The summed E-state index contributed by atoms with van der Waals surface area (Å²) in [7, 11) is -3.41. The molecule has 8 nitrogen and oxygen atoms in total. The summed E-state index contributed by atoms with van der Waals surface area (Å²) in [6.07, 6.45) is 5.60. The molecule has 3 rings (SSSR count). The smallest absolute Gasteiger partial charge is 0.311 e. The number of fused-ring (bicyclic) bond motifs is 1. The van der Waals surface area contributed by atoms with Crippen molar-refractivity contribution in [3.05, 3.63) is 27.8 Å². The van der Waals surface area contributed by atoms with Gasteiger partial charge in [-0.1, -0.05) is 0 Å². The third-order valence-electron chi connectivity index (χ3n) is 4.36. The van der Waals surface area contributed by atoms with Crippen LogP contribution in [0.3, 0.4) is 0 Å². The van der Waals surface area contributed by atoms with Gasteiger partial charge in [0.15, 0.2) is 0 Å². The Balaban J connectivity index is 1.68. The van der Waals surface area contributed by atoms with E-state index in [1.54, 1.807) is 0 Å². The van der Waals surface area contributed by atoms with Gasteiger partial charge < -0.3 is 5.32 Å². The lowest BCUT2D eigenvalue weighted by molar-refractivity contribution is -0.384. The maximum Gasteiger partial charge on any atom is 0.311 e. The molecule has 10 heteroatoms. The minimum Gasteiger partial charge on any atom is -0.375 e. The summed E-state index contributed by atoms with van der Waals surface area (Å²) in [6.45, 7) is 0.204. The third kappa shape index (κ3) is 4.44. The predicted molar refractivity (Wildman–Crippen MR) is 96.4 cm³/mol. The molecule has 25 heavy (non-hydrogen) atoms. The van der Waals surface area contributed by atoms with E-state index in [4.69, 9.17) is 4.18 Å². The van der Waals surface area contributed by atoms with Gasteiger partial charge in [-0.05, 0) is 43.0 Å². The van der Waals surface area contributed by atoms with Crippen LogP contribution in [-0.4, -0.2) is 37.2 Å². The number of hydrogen-bond donors (Lipinski definition) is 1. The van der Waals surface area contributed by atoms with Crippen molar-refractivity contribution in [1.82, 2.24) is 4.98 Å². The number of nitrogens with one attached hydrogen (secondary N) is 1. The van der Waals surface area contributed by atoms with E-state index < -0.39 is 15.0 Å². The first-order valence-electron chi connectivity index (χ1n) is 7.95. The number of rotatable bonds is 6. The monoisotopic (exact) mass is 385 g/mol. The Morgan fingerprint density at radius 2 is 2.12 bits per heavy atom. The van der Waals surface area contributed by atoms with Crippen LogP contribution in [0.5, 0.6) is 0 Å². The lowest BCUT2D eigenvalue weighted by Gasteiger charge is -2.29. The zero-order valence-corrected chi connectivity index (χ0v) is 15.3. The summed E-state index contributed by atoms with van der Waals surface area (Å²) >= 11 is 1.43. The zero-order chi connectivity index (χ0) is 18.0. The summed E-state index contributed by atoms with van der Waals surface area (Å²) in [4.78, 5) is 15.0. The van der Waals surface area contributed by atoms with Crippen LogP contribution >= 0.6 is 11.3 Å². The minimum atomic E-state index is -3.41. The molecule has 0 radical (unpaired) electrons. The van der Waals surface area contributed by atoms with Crippen LogP contribution in [0.2, 0.25) is 0 Å². The van der Waals surface area contributed by atoms with Crippen molar-refractivity contribution in [3.63, 3.8) is 0 Å². The Kier molecular flexibility index (Phi) is 5.21. The van der Waals surface area contributed by atoms with Crippen LogP contribution in [0.25, 0.3) is 10.2 Å². The highest BCUT2D eigenvalue weighted by molar-refractivity contribution is 7.85. The topological polar surface area (TPSA) is 111 Å². The largest absolute Gasteiger partial charge is 0.375 e. The third-order valence-corrected chi connectivity index (χ3v) is 5.85. The predicted octanol–water partition coefficient (Wildman–Crippen LogP) is 3.15. The molecule has 2 aromatic heterocycles. The first-order chi connectivity index (χ1) is 11.8. The molecule has 0 aliphatic heterocycles. The van der Waals surface area contributed by atoms with E-state index in [1.165, 1.54) is 17.5 Å². The lowest BCUT2D eigenvalue weighted by atomic mass is 9.86. The van der Waals surface area contributed by atoms with Crippen molar-refractivity contribution in [2.75, 3.05) is 18.2 Å². The van der Waals surface area contributed by atoms with Crippen LogP contribution in [-0.2, 0) is 14.3 Å². The average molecular weight is 385 g/mol. The molecule has 0 spiro atoms. The molecule has 0 saturated heterocycles. The van der Waals surface area contributed by atoms with Gasteiger partial charge in [-0.2, -0.15) is 8.42 Å². The molecule has 0 bridgehead atoms. The van der Waals surface area contributed by atoms with E-state index in [2.05, 4.69) is 10.3 Å². The molecule has 1 saturated carbocycles. The van der Waals surface area contributed by atoms with Gasteiger partial charge in [-0.3, -0.25) is 14.3 Å². The van der Waals surface area contributed by atoms with E-state index >= 15 is 0 Å². The molecule has 0 unspecified atom stereocenters. The average Bonchev–Trinajstić information content (AvgIpc) is 3.02. The van der Waals surface area contributed by atoms with E-state index in [0.717, 1.165) is 42.2 Å². The maximum absolute atomic E-state index is 11.3. The van der Waals surface area contributed by atoms with Crippen molar-refractivity contribution in [3.8, 4) is 0 Å². The van der Waals surface area contributed by atoms with Crippen LogP contribution in [0.4, 0.5) is 11.4 Å². The van der Waals surface area contributed by atoms with Crippen LogP contribution in [0.1, 0.15) is 25.7 Å². The summed E-state index contributed by atoms with van der Waals surface area (Å²) in [5.74, 6) is 0.196. The highest BCUT2D eigenvalue weighted by Gasteiger charge is 2.26. The van der Waals surface area contributed by atoms with E-state index in [9.17, 15) is 18.5 Å². The van der Waals surface area contributed by atoms with Crippen molar-refractivity contribution >= 4 is 43.0 Å². The van der Waals surface area contributed by atoms with Crippen LogP contribution in [0, 0.1) is 16.0 Å². The summed E-state index contributed by atoms with van der Waals surface area (Å²) in [6, 6.07) is 1.95. The van der Waals surface area contributed by atoms with Gasteiger partial charge in [0.1, 0.15) is 11.9 Å². The second-order valence-corrected chi connectivity index (χ2v) is 8.82. The first-order valence-corrected chi connectivity index (χ1v) is 10.6. The molecular weight excluding hydrogens is 366 g/mol. The molecule has 1 aliphatic carbocycles. The second-order valence-electron chi connectivity index (χ2n) is 6.26. The fraction of sp³-hybridized carbons (Fsp3) is 0.533. The molecule has 1 N–H and O–H groups in total. The Morgan fingerprint density at radius 1 is 1.40 bits per heavy atom. The van der Waals surface area contributed by atoms with Gasteiger partial charge in [0.25, 0.3) is 10.1 Å². The van der Waals surface area contributed by atoms with E-state index in [-0.39, 0.29) is 24.3 Å². The SMILES string of the molecule is CS(=O)(=O)OCC1CCC(Nc2c([N+](=O)[O-])cnc3ccsc23)CC1. The van der Waals surface area contributed by atoms with Gasteiger partial charge in [0.2, 0.25) is 0 Å². The van der Waals surface area contributed by atoms with Crippen molar-refractivity contribution < 1.29 is 17.5 Å². The second kappa shape index (κ2) is 7.22. The standard InChI is InChI=1S/C15H19N3O5S2/c1-25(21,22)23-9-10-2-4-11(5-3-10)17-14-13(18(19)20)8-16-12-6-7-24-15(12)14/h6-8,10-11H,2-5,9H2,1H3,(H,16,17). The normalized spacial score (nSPS) is 21.3. The number of anilines is 1.